The van der Waals surface area contributed by atoms with Gasteiger partial charge in [-0.2, -0.15) is 16.8 Å². The van der Waals surface area contributed by atoms with Gasteiger partial charge in [-0.15, -0.1) is 0 Å². The smallest absolute Gasteiger partial charge is 0.297 e. The molecule has 5 atom stereocenters. The van der Waals surface area contributed by atoms with Gasteiger partial charge in [0.05, 0.1) is 17.8 Å². The third kappa shape index (κ3) is 7.40. The topological polar surface area (TPSA) is 135 Å². The van der Waals surface area contributed by atoms with E-state index in [2.05, 4.69) is 0 Å². The van der Waals surface area contributed by atoms with Crippen LogP contribution in [0.15, 0.2) is 120 Å². The van der Waals surface area contributed by atoms with Gasteiger partial charge in [0.2, 0.25) is 0 Å². The van der Waals surface area contributed by atoms with E-state index in [-0.39, 0.29) is 4.90 Å². The highest BCUT2D eigenvalue weighted by Crippen LogP contribution is 2.41. The molecule has 0 radical (unpaired) electrons. The summed E-state index contributed by atoms with van der Waals surface area (Å²) in [6, 6.07) is 34.2. The lowest BCUT2D eigenvalue weighted by Gasteiger charge is -2.38. The predicted octanol–water partition coefficient (Wildman–Crippen LogP) is 4.15. The lowest BCUT2D eigenvalue weighted by Crippen LogP contribution is -2.47. The SMILES string of the molecule is CO[C@H]1O[C@H]([C@@H](COC(c2ccccc2)(c2ccccc2)c2ccccc2)OS(=O)(=O)c2ccc(C)cc2)[C@@H](OS(C)(=O)=O)[C@H]1O. The fourth-order valence-electron chi connectivity index (χ4n) is 5.55. The fraction of sp³-hybridized carbons (Fsp3) is 0.294. The third-order valence-corrected chi connectivity index (χ3v) is 9.60. The number of hydrogen-bond acceptors (Lipinski definition) is 10. The molecule has 0 unspecified atom stereocenters. The number of rotatable bonds is 13. The van der Waals surface area contributed by atoms with Gasteiger partial charge in [-0.25, -0.2) is 0 Å². The summed E-state index contributed by atoms with van der Waals surface area (Å²) in [5, 5.41) is 11.0. The summed E-state index contributed by atoms with van der Waals surface area (Å²) in [7, 11) is -7.37. The zero-order valence-corrected chi connectivity index (χ0v) is 27.1. The maximum absolute atomic E-state index is 13.7. The van der Waals surface area contributed by atoms with Crippen molar-refractivity contribution in [2.45, 2.75) is 48.1 Å². The lowest BCUT2D eigenvalue weighted by molar-refractivity contribution is -0.168. The Morgan fingerprint density at radius 2 is 1.26 bits per heavy atom. The molecular weight excluding hydrogens is 632 g/mol. The van der Waals surface area contributed by atoms with Crippen molar-refractivity contribution in [2.24, 2.45) is 0 Å². The molecule has 1 fully saturated rings. The first-order valence-electron chi connectivity index (χ1n) is 14.5. The van der Waals surface area contributed by atoms with E-state index in [0.29, 0.717) is 0 Å². The molecule has 1 N–H and O–H groups in total. The van der Waals surface area contributed by atoms with Gasteiger partial charge in [-0.3, -0.25) is 8.37 Å². The van der Waals surface area contributed by atoms with Crippen LogP contribution in [0.25, 0.3) is 0 Å². The molecule has 0 bridgehead atoms. The van der Waals surface area contributed by atoms with Crippen LogP contribution in [-0.4, -0.2) is 72.6 Å². The number of aryl methyl sites for hydroxylation is 1. The van der Waals surface area contributed by atoms with Crippen LogP contribution in [0.4, 0.5) is 0 Å². The van der Waals surface area contributed by atoms with Crippen LogP contribution in [0, 0.1) is 6.92 Å². The van der Waals surface area contributed by atoms with Gasteiger partial charge in [0.15, 0.2) is 6.29 Å². The highest BCUT2D eigenvalue weighted by atomic mass is 32.2. The Morgan fingerprint density at radius 3 is 1.70 bits per heavy atom. The van der Waals surface area contributed by atoms with Gasteiger partial charge in [0, 0.05) is 7.11 Å². The summed E-state index contributed by atoms with van der Waals surface area (Å²) in [5.41, 5.74) is 1.75. The first-order chi connectivity index (χ1) is 21.9. The minimum atomic E-state index is -4.47. The molecular formula is C34H36O10S2. The number of aliphatic hydroxyl groups is 1. The Kier molecular flexibility index (Phi) is 10.4. The van der Waals surface area contributed by atoms with Crippen molar-refractivity contribution < 1.29 is 44.5 Å². The second-order valence-corrected chi connectivity index (χ2v) is 14.1. The molecule has 46 heavy (non-hydrogen) atoms. The van der Waals surface area contributed by atoms with Crippen molar-refractivity contribution in [3.05, 3.63) is 138 Å². The van der Waals surface area contributed by atoms with E-state index in [4.69, 9.17) is 22.6 Å². The van der Waals surface area contributed by atoms with Crippen LogP contribution >= 0.6 is 0 Å². The summed E-state index contributed by atoms with van der Waals surface area (Å²) in [6.45, 7) is 1.36. The molecule has 244 valence electrons. The second-order valence-electron chi connectivity index (χ2n) is 11.0. The maximum Gasteiger partial charge on any atom is 0.297 e. The van der Waals surface area contributed by atoms with Crippen LogP contribution in [0.2, 0.25) is 0 Å². The average Bonchev–Trinajstić information content (AvgIpc) is 3.35. The normalized spacial score (nSPS) is 21.2. The van der Waals surface area contributed by atoms with E-state index >= 15 is 0 Å². The summed E-state index contributed by atoms with van der Waals surface area (Å²) >= 11 is 0. The molecule has 12 heteroatoms. The van der Waals surface area contributed by atoms with Crippen molar-refractivity contribution >= 4 is 20.2 Å². The van der Waals surface area contributed by atoms with Crippen LogP contribution in [0.5, 0.6) is 0 Å². The summed E-state index contributed by atoms with van der Waals surface area (Å²) in [5.74, 6) is 0. The quantitative estimate of drug-likeness (QED) is 0.164. The molecule has 1 aliphatic rings. The van der Waals surface area contributed by atoms with Gasteiger partial charge in [0.25, 0.3) is 20.2 Å². The Balaban J connectivity index is 1.64. The molecule has 5 rings (SSSR count). The maximum atomic E-state index is 13.7. The van der Waals surface area contributed by atoms with E-state index in [1.807, 2.05) is 97.9 Å². The van der Waals surface area contributed by atoms with Crippen LogP contribution in [0.1, 0.15) is 22.3 Å². The first kappa shape index (κ1) is 33.9. The minimum Gasteiger partial charge on any atom is -0.385 e. The summed E-state index contributed by atoms with van der Waals surface area (Å²) < 4.78 is 81.0. The van der Waals surface area contributed by atoms with Crippen molar-refractivity contribution in [1.82, 2.24) is 0 Å². The van der Waals surface area contributed by atoms with Crippen LogP contribution in [0.3, 0.4) is 0 Å². The standard InChI is InChI=1S/C34H36O10S2/c1-24-19-21-28(22-20-24)46(38,39)43-29(31-32(44-45(3,36)37)30(35)33(40-2)42-31)23-41-34(25-13-7-4-8-14-25,26-15-9-5-10-16-26)27-17-11-6-12-18-27/h4-22,29-33,35H,23H2,1-3H3/t29-,30-,31-,32+,33+/m1/s1. The molecule has 4 aromatic carbocycles. The Labute approximate surface area is 269 Å². The largest absolute Gasteiger partial charge is 0.385 e. The molecule has 0 amide bonds. The monoisotopic (exact) mass is 668 g/mol. The zero-order chi connectivity index (χ0) is 33.0. The van der Waals surface area contributed by atoms with Gasteiger partial charge < -0.3 is 19.3 Å². The fourth-order valence-corrected chi connectivity index (χ4v) is 7.24. The molecule has 0 spiro atoms. The number of aliphatic hydroxyl groups excluding tert-OH is 1. The van der Waals surface area contributed by atoms with E-state index < -0.39 is 63.2 Å². The van der Waals surface area contributed by atoms with Crippen molar-refractivity contribution in [1.29, 1.82) is 0 Å². The Hall–Kier alpha value is -3.46. The molecule has 10 nitrogen and oxygen atoms in total. The zero-order valence-electron chi connectivity index (χ0n) is 25.5. The Bertz CT molecular complexity index is 1690. The van der Waals surface area contributed by atoms with Crippen molar-refractivity contribution in [2.75, 3.05) is 20.0 Å². The first-order valence-corrected chi connectivity index (χ1v) is 17.7. The summed E-state index contributed by atoms with van der Waals surface area (Å²) in [4.78, 5) is -0.133. The van der Waals surface area contributed by atoms with E-state index in [9.17, 15) is 21.9 Å². The highest BCUT2D eigenvalue weighted by Gasteiger charge is 2.52. The van der Waals surface area contributed by atoms with E-state index in [1.54, 1.807) is 12.1 Å². The second kappa shape index (κ2) is 14.1. The molecule has 0 aromatic heterocycles. The molecule has 1 saturated heterocycles. The van der Waals surface area contributed by atoms with Crippen molar-refractivity contribution in [3.63, 3.8) is 0 Å². The average molecular weight is 669 g/mol. The lowest BCUT2D eigenvalue weighted by atomic mass is 9.80. The molecule has 1 aliphatic heterocycles. The van der Waals surface area contributed by atoms with Crippen LogP contribution < -0.4 is 0 Å². The number of methoxy groups -OCH3 is 1. The third-order valence-electron chi connectivity index (χ3n) is 7.68. The number of benzene rings is 4. The highest BCUT2D eigenvalue weighted by molar-refractivity contribution is 7.86. The molecule has 4 aromatic rings. The van der Waals surface area contributed by atoms with E-state index in [1.165, 1.54) is 19.2 Å². The van der Waals surface area contributed by atoms with Gasteiger partial charge in [-0.05, 0) is 35.7 Å². The van der Waals surface area contributed by atoms with Gasteiger partial charge >= 0.3 is 0 Å². The van der Waals surface area contributed by atoms with E-state index in [0.717, 1.165) is 28.5 Å². The molecule has 1 heterocycles. The summed E-state index contributed by atoms with van der Waals surface area (Å²) in [6.07, 6.45) is -6.69. The molecule has 0 aliphatic carbocycles. The number of ether oxygens (including phenoxy) is 3. The van der Waals surface area contributed by atoms with Gasteiger partial charge in [0.1, 0.15) is 30.0 Å². The van der Waals surface area contributed by atoms with Gasteiger partial charge in [-0.1, -0.05) is 109 Å². The number of hydrogen-bond donors (Lipinski definition) is 1. The Morgan fingerprint density at radius 1 is 0.783 bits per heavy atom. The minimum absolute atomic E-state index is 0.133. The predicted molar refractivity (Wildman–Crippen MR) is 170 cm³/mol. The molecule has 0 saturated carbocycles. The van der Waals surface area contributed by atoms with Crippen LogP contribution in [-0.2, 0) is 48.4 Å². The van der Waals surface area contributed by atoms with Crippen molar-refractivity contribution in [3.8, 4) is 0 Å².